The molecular formula is C10H8F2O. The van der Waals surface area contributed by atoms with Gasteiger partial charge in [-0.15, -0.1) is 0 Å². The quantitative estimate of drug-likeness (QED) is 0.605. The summed E-state index contributed by atoms with van der Waals surface area (Å²) in [5, 5.41) is 8.79. The first-order valence-electron chi connectivity index (χ1n) is 3.73. The van der Waals surface area contributed by atoms with Gasteiger partial charge >= 0.3 is 0 Å². The van der Waals surface area contributed by atoms with E-state index in [4.69, 9.17) is 5.11 Å². The van der Waals surface area contributed by atoms with Crippen molar-refractivity contribution in [3.8, 4) is 11.8 Å². The van der Waals surface area contributed by atoms with Crippen molar-refractivity contribution in [2.75, 3.05) is 0 Å². The fraction of sp³-hybridized carbons (Fsp3) is 0.200. The topological polar surface area (TPSA) is 20.2 Å². The van der Waals surface area contributed by atoms with Gasteiger partial charge in [0.25, 0.3) is 0 Å². The summed E-state index contributed by atoms with van der Waals surface area (Å²) in [5.41, 5.74) is 0.221. The van der Waals surface area contributed by atoms with Crippen molar-refractivity contribution in [3.05, 3.63) is 35.4 Å². The molecule has 1 unspecified atom stereocenters. The van der Waals surface area contributed by atoms with E-state index in [1.165, 1.54) is 6.92 Å². The molecule has 0 amide bonds. The van der Waals surface area contributed by atoms with Crippen LogP contribution in [0.15, 0.2) is 18.2 Å². The Balaban J connectivity index is 2.98. The van der Waals surface area contributed by atoms with Crippen LogP contribution in [0.1, 0.15) is 12.5 Å². The first-order valence-corrected chi connectivity index (χ1v) is 3.73. The number of halogens is 2. The molecular weight excluding hydrogens is 174 g/mol. The fourth-order valence-corrected chi connectivity index (χ4v) is 0.814. The van der Waals surface area contributed by atoms with Gasteiger partial charge in [0.1, 0.15) is 17.7 Å². The van der Waals surface area contributed by atoms with Crippen LogP contribution >= 0.6 is 0 Å². The van der Waals surface area contributed by atoms with Crippen molar-refractivity contribution in [2.24, 2.45) is 0 Å². The Hall–Kier alpha value is -1.40. The highest BCUT2D eigenvalue weighted by Gasteiger charge is 1.97. The maximum Gasteiger partial charge on any atom is 0.127 e. The van der Waals surface area contributed by atoms with Gasteiger partial charge in [-0.2, -0.15) is 0 Å². The molecule has 0 saturated heterocycles. The zero-order valence-corrected chi connectivity index (χ0v) is 7.01. The zero-order chi connectivity index (χ0) is 9.84. The Bertz CT molecular complexity index is 341. The maximum absolute atomic E-state index is 12.6. The van der Waals surface area contributed by atoms with Crippen molar-refractivity contribution in [1.29, 1.82) is 0 Å². The van der Waals surface area contributed by atoms with Crippen LogP contribution < -0.4 is 0 Å². The Labute approximate surface area is 75.0 Å². The third-order valence-electron chi connectivity index (χ3n) is 1.29. The lowest BCUT2D eigenvalue weighted by atomic mass is 10.2. The number of hydrogen-bond acceptors (Lipinski definition) is 1. The van der Waals surface area contributed by atoms with Crippen LogP contribution in [0.5, 0.6) is 0 Å². The molecule has 1 aromatic rings. The second-order valence-electron chi connectivity index (χ2n) is 2.60. The van der Waals surface area contributed by atoms with E-state index in [9.17, 15) is 8.78 Å². The number of benzene rings is 1. The highest BCUT2D eigenvalue weighted by Crippen LogP contribution is 2.06. The number of hydrogen-bond donors (Lipinski definition) is 1. The van der Waals surface area contributed by atoms with Crippen molar-refractivity contribution in [3.63, 3.8) is 0 Å². The molecule has 3 heteroatoms. The molecule has 0 radical (unpaired) electrons. The lowest BCUT2D eigenvalue weighted by Gasteiger charge is -1.93. The monoisotopic (exact) mass is 182 g/mol. The Morgan fingerprint density at radius 2 is 1.77 bits per heavy atom. The summed E-state index contributed by atoms with van der Waals surface area (Å²) in [6.07, 6.45) is -0.800. The first-order chi connectivity index (χ1) is 6.08. The van der Waals surface area contributed by atoms with E-state index < -0.39 is 17.7 Å². The first kappa shape index (κ1) is 9.69. The molecule has 0 aliphatic heterocycles. The second kappa shape index (κ2) is 4.01. The summed E-state index contributed by atoms with van der Waals surface area (Å²) in [6, 6.07) is 2.99. The highest BCUT2D eigenvalue weighted by molar-refractivity contribution is 5.35. The van der Waals surface area contributed by atoms with Gasteiger partial charge in [0.2, 0.25) is 0 Å². The molecule has 1 aromatic carbocycles. The van der Waals surface area contributed by atoms with Crippen LogP contribution in [-0.4, -0.2) is 11.2 Å². The van der Waals surface area contributed by atoms with E-state index in [0.29, 0.717) is 0 Å². The standard InChI is InChI=1S/C10H8F2O/c1-7(13)2-3-8-4-9(11)6-10(12)5-8/h4-7,13H,1H3. The predicted octanol–water partition coefficient (Wildman–Crippen LogP) is 1.70. The van der Waals surface area contributed by atoms with Crippen molar-refractivity contribution in [2.45, 2.75) is 13.0 Å². The van der Waals surface area contributed by atoms with Crippen molar-refractivity contribution in [1.82, 2.24) is 0 Å². The Morgan fingerprint density at radius 3 is 2.23 bits per heavy atom. The van der Waals surface area contributed by atoms with Gasteiger partial charge in [0.05, 0.1) is 0 Å². The fourth-order valence-electron chi connectivity index (χ4n) is 0.814. The van der Waals surface area contributed by atoms with Gasteiger partial charge in [-0.05, 0) is 19.1 Å². The van der Waals surface area contributed by atoms with E-state index in [0.717, 1.165) is 18.2 Å². The zero-order valence-electron chi connectivity index (χ0n) is 7.01. The predicted molar refractivity (Wildman–Crippen MR) is 44.9 cm³/mol. The van der Waals surface area contributed by atoms with E-state index in [2.05, 4.69) is 11.8 Å². The SMILES string of the molecule is CC(O)C#Cc1cc(F)cc(F)c1. The van der Waals surface area contributed by atoms with Gasteiger partial charge in [0.15, 0.2) is 0 Å². The van der Waals surface area contributed by atoms with E-state index in [1.54, 1.807) is 0 Å². The van der Waals surface area contributed by atoms with Gasteiger partial charge in [-0.25, -0.2) is 8.78 Å². The van der Waals surface area contributed by atoms with E-state index in [1.807, 2.05) is 0 Å². The summed E-state index contributed by atoms with van der Waals surface area (Å²) in [7, 11) is 0. The van der Waals surface area contributed by atoms with Crippen LogP contribution in [0.4, 0.5) is 8.78 Å². The lowest BCUT2D eigenvalue weighted by molar-refractivity contribution is 0.253. The molecule has 1 N–H and O–H groups in total. The second-order valence-corrected chi connectivity index (χ2v) is 2.60. The number of aliphatic hydroxyl groups excluding tert-OH is 1. The Kier molecular flexibility index (Phi) is 2.99. The third-order valence-corrected chi connectivity index (χ3v) is 1.29. The highest BCUT2D eigenvalue weighted by atomic mass is 19.1. The largest absolute Gasteiger partial charge is 0.381 e. The van der Waals surface area contributed by atoms with E-state index >= 15 is 0 Å². The van der Waals surface area contributed by atoms with Crippen LogP contribution in [0.3, 0.4) is 0 Å². The minimum Gasteiger partial charge on any atom is -0.381 e. The summed E-state index contributed by atoms with van der Waals surface area (Å²) in [4.78, 5) is 0. The summed E-state index contributed by atoms with van der Waals surface area (Å²) in [5.74, 6) is 3.49. The molecule has 0 saturated carbocycles. The minimum absolute atomic E-state index is 0.221. The molecule has 68 valence electrons. The lowest BCUT2D eigenvalue weighted by Crippen LogP contribution is -1.93. The molecule has 0 fully saturated rings. The van der Waals surface area contributed by atoms with Gasteiger partial charge in [-0.3, -0.25) is 0 Å². The molecule has 13 heavy (non-hydrogen) atoms. The van der Waals surface area contributed by atoms with Crippen molar-refractivity contribution >= 4 is 0 Å². The average molecular weight is 182 g/mol. The molecule has 0 aromatic heterocycles. The molecule has 0 bridgehead atoms. The molecule has 0 aliphatic rings. The third kappa shape index (κ3) is 3.22. The molecule has 0 spiro atoms. The summed E-state index contributed by atoms with van der Waals surface area (Å²) < 4.78 is 25.2. The van der Waals surface area contributed by atoms with Crippen LogP contribution in [0, 0.1) is 23.5 Å². The van der Waals surface area contributed by atoms with Gasteiger partial charge in [0, 0.05) is 11.6 Å². The normalized spacial score (nSPS) is 11.7. The van der Waals surface area contributed by atoms with Crippen LogP contribution in [0.2, 0.25) is 0 Å². The van der Waals surface area contributed by atoms with Crippen molar-refractivity contribution < 1.29 is 13.9 Å². The minimum atomic E-state index is -0.800. The summed E-state index contributed by atoms with van der Waals surface area (Å²) >= 11 is 0. The Morgan fingerprint density at radius 1 is 1.23 bits per heavy atom. The molecule has 0 heterocycles. The number of rotatable bonds is 0. The van der Waals surface area contributed by atoms with Crippen LogP contribution in [-0.2, 0) is 0 Å². The average Bonchev–Trinajstić information content (AvgIpc) is 1.99. The number of aliphatic hydroxyl groups is 1. The molecule has 1 rings (SSSR count). The maximum atomic E-state index is 12.6. The molecule has 0 aliphatic carbocycles. The van der Waals surface area contributed by atoms with Gasteiger partial charge < -0.3 is 5.11 Å². The molecule has 1 atom stereocenters. The van der Waals surface area contributed by atoms with E-state index in [-0.39, 0.29) is 5.56 Å². The smallest absolute Gasteiger partial charge is 0.127 e. The summed E-state index contributed by atoms with van der Waals surface area (Å²) in [6.45, 7) is 1.47. The van der Waals surface area contributed by atoms with Crippen LogP contribution in [0.25, 0.3) is 0 Å². The van der Waals surface area contributed by atoms with Gasteiger partial charge in [-0.1, -0.05) is 11.8 Å². The molecule has 1 nitrogen and oxygen atoms in total.